The molecule has 2 aliphatic rings. The molecule has 144 valence electrons. The molecule has 5 rings (SSSR count). The third kappa shape index (κ3) is 3.07. The first-order valence-electron chi connectivity index (χ1n) is 10.3. The van der Waals surface area contributed by atoms with Crippen LogP contribution in [-0.4, -0.2) is 11.7 Å². The normalized spacial score (nSPS) is 19.6. The molecule has 0 N–H and O–H groups in total. The van der Waals surface area contributed by atoms with E-state index in [1.807, 2.05) is 48.2 Å². The van der Waals surface area contributed by atoms with Gasteiger partial charge in [-0.3, -0.25) is 14.5 Å². The molecule has 0 bridgehead atoms. The average molecular weight is 381 g/mol. The molecule has 3 aromatic rings. The van der Waals surface area contributed by atoms with Crippen molar-refractivity contribution < 1.29 is 9.59 Å². The molecule has 0 radical (unpaired) electrons. The number of hydrogen-bond acceptors (Lipinski definition) is 2. The number of carbonyl (C=O) groups is 2. The number of allylic oxidation sites excluding steroid dienone is 2. The lowest BCUT2D eigenvalue weighted by atomic mass is 9.77. The fraction of sp³-hybridized carbons (Fsp3) is 0.231. The number of benzene rings is 3. The summed E-state index contributed by atoms with van der Waals surface area (Å²) in [6.07, 6.45) is 2.47. The van der Waals surface area contributed by atoms with E-state index in [9.17, 15) is 9.59 Å². The zero-order valence-corrected chi connectivity index (χ0v) is 16.5. The quantitative estimate of drug-likeness (QED) is 0.573. The lowest BCUT2D eigenvalue weighted by Crippen LogP contribution is -2.40. The number of rotatable bonds is 2. The molecule has 0 saturated carbocycles. The van der Waals surface area contributed by atoms with Gasteiger partial charge < -0.3 is 0 Å². The van der Waals surface area contributed by atoms with Gasteiger partial charge in [-0.25, -0.2) is 0 Å². The van der Waals surface area contributed by atoms with Crippen molar-refractivity contribution in [1.82, 2.24) is 0 Å². The monoisotopic (exact) mass is 381 g/mol. The van der Waals surface area contributed by atoms with E-state index in [2.05, 4.69) is 30.3 Å². The van der Waals surface area contributed by atoms with Crippen molar-refractivity contribution >= 4 is 28.2 Å². The Labute approximate surface area is 170 Å². The molecular weight excluding hydrogens is 358 g/mol. The summed E-state index contributed by atoms with van der Waals surface area (Å²) < 4.78 is 0. The predicted octanol–water partition coefficient (Wildman–Crippen LogP) is 5.68. The van der Waals surface area contributed by atoms with Gasteiger partial charge in [0, 0.05) is 35.7 Å². The lowest BCUT2D eigenvalue weighted by molar-refractivity contribution is -0.119. The SMILES string of the molecule is Cc1cccc(C2CC(=O)N(c3ccc4ccccc4c3)C3=C2C(=O)CCC3)c1. The molecule has 29 heavy (non-hydrogen) atoms. The Balaban J connectivity index is 1.66. The number of Topliss-reactive ketones (excluding diaryl/α,β-unsaturated/α-hetero) is 1. The number of amides is 1. The van der Waals surface area contributed by atoms with Crippen molar-refractivity contribution in [2.75, 3.05) is 4.90 Å². The van der Waals surface area contributed by atoms with Gasteiger partial charge in [-0.2, -0.15) is 0 Å². The van der Waals surface area contributed by atoms with Crippen LogP contribution >= 0.6 is 0 Å². The van der Waals surface area contributed by atoms with Gasteiger partial charge in [-0.15, -0.1) is 0 Å². The van der Waals surface area contributed by atoms with E-state index < -0.39 is 0 Å². The molecule has 0 aromatic heterocycles. The van der Waals surface area contributed by atoms with Crippen molar-refractivity contribution in [3.8, 4) is 0 Å². The van der Waals surface area contributed by atoms with E-state index in [1.165, 1.54) is 0 Å². The zero-order valence-electron chi connectivity index (χ0n) is 16.5. The average Bonchev–Trinajstić information content (AvgIpc) is 2.73. The van der Waals surface area contributed by atoms with E-state index in [1.54, 1.807) is 0 Å². The summed E-state index contributed by atoms with van der Waals surface area (Å²) in [5.74, 6) is 0.123. The highest BCUT2D eigenvalue weighted by molar-refractivity contribution is 6.08. The van der Waals surface area contributed by atoms with Gasteiger partial charge in [0.25, 0.3) is 0 Å². The van der Waals surface area contributed by atoms with Crippen molar-refractivity contribution in [1.29, 1.82) is 0 Å². The molecule has 1 aliphatic carbocycles. The van der Waals surface area contributed by atoms with Crippen LogP contribution in [0.25, 0.3) is 10.8 Å². The summed E-state index contributed by atoms with van der Waals surface area (Å²) in [4.78, 5) is 28.1. The summed E-state index contributed by atoms with van der Waals surface area (Å²) in [5, 5.41) is 2.25. The Hall–Kier alpha value is -3.20. The highest BCUT2D eigenvalue weighted by Crippen LogP contribution is 2.43. The van der Waals surface area contributed by atoms with Gasteiger partial charge in [0.05, 0.1) is 0 Å². The van der Waals surface area contributed by atoms with Crippen LogP contribution in [0.5, 0.6) is 0 Å². The number of carbonyl (C=O) groups excluding carboxylic acids is 2. The third-order valence-electron chi connectivity index (χ3n) is 6.11. The van der Waals surface area contributed by atoms with E-state index in [0.717, 1.165) is 51.7 Å². The minimum Gasteiger partial charge on any atom is -0.294 e. The minimum absolute atomic E-state index is 0.0697. The van der Waals surface area contributed by atoms with Crippen LogP contribution in [-0.2, 0) is 9.59 Å². The van der Waals surface area contributed by atoms with Crippen LogP contribution in [0.3, 0.4) is 0 Å². The van der Waals surface area contributed by atoms with E-state index in [0.29, 0.717) is 12.8 Å². The highest BCUT2D eigenvalue weighted by atomic mass is 16.2. The number of anilines is 1. The first-order valence-corrected chi connectivity index (χ1v) is 10.3. The van der Waals surface area contributed by atoms with E-state index in [-0.39, 0.29) is 17.6 Å². The molecule has 0 fully saturated rings. The predicted molar refractivity (Wildman–Crippen MR) is 116 cm³/mol. The Morgan fingerprint density at radius 3 is 2.52 bits per heavy atom. The van der Waals surface area contributed by atoms with Gasteiger partial charge >= 0.3 is 0 Å². The highest BCUT2D eigenvalue weighted by Gasteiger charge is 2.39. The van der Waals surface area contributed by atoms with E-state index in [4.69, 9.17) is 0 Å². The third-order valence-corrected chi connectivity index (χ3v) is 6.11. The van der Waals surface area contributed by atoms with Crippen molar-refractivity contribution in [2.45, 2.75) is 38.5 Å². The molecule has 0 saturated heterocycles. The molecule has 1 atom stereocenters. The van der Waals surface area contributed by atoms with Gasteiger partial charge in [-0.05, 0) is 48.2 Å². The maximum absolute atomic E-state index is 13.3. The topological polar surface area (TPSA) is 37.4 Å². The Morgan fingerprint density at radius 2 is 1.69 bits per heavy atom. The summed E-state index contributed by atoms with van der Waals surface area (Å²) in [7, 11) is 0. The second kappa shape index (κ2) is 7.00. The summed E-state index contributed by atoms with van der Waals surface area (Å²) >= 11 is 0. The molecular formula is C26H23NO2. The Bertz CT molecular complexity index is 1170. The van der Waals surface area contributed by atoms with Crippen LogP contribution in [0.4, 0.5) is 5.69 Å². The number of aryl methyl sites for hydroxylation is 1. The standard InChI is InChI=1S/C26H23NO2/c1-17-6-4-9-20(14-17)22-16-25(29)27(23-10-5-11-24(28)26(22)23)21-13-12-18-7-2-3-8-19(18)15-21/h2-4,6-9,12-15,22H,5,10-11,16H2,1H3. The van der Waals surface area contributed by atoms with Gasteiger partial charge in [0.2, 0.25) is 5.91 Å². The van der Waals surface area contributed by atoms with Gasteiger partial charge in [0.1, 0.15) is 0 Å². The molecule has 1 aliphatic heterocycles. The van der Waals surface area contributed by atoms with Crippen LogP contribution < -0.4 is 4.90 Å². The molecule has 1 amide bonds. The minimum atomic E-state index is -0.137. The van der Waals surface area contributed by atoms with Crippen LogP contribution in [0.15, 0.2) is 78.0 Å². The molecule has 3 heteroatoms. The molecule has 1 heterocycles. The summed E-state index contributed by atoms with van der Waals surface area (Å²) in [6.45, 7) is 2.05. The molecule has 3 aromatic carbocycles. The second-order valence-corrected chi connectivity index (χ2v) is 8.07. The van der Waals surface area contributed by atoms with Crippen molar-refractivity contribution in [3.05, 3.63) is 89.1 Å². The zero-order chi connectivity index (χ0) is 20.0. The largest absolute Gasteiger partial charge is 0.294 e. The first-order chi connectivity index (χ1) is 14.1. The fourth-order valence-corrected chi connectivity index (χ4v) is 4.78. The maximum Gasteiger partial charge on any atom is 0.232 e. The van der Waals surface area contributed by atoms with Crippen LogP contribution in [0, 0.1) is 6.92 Å². The van der Waals surface area contributed by atoms with Crippen molar-refractivity contribution in [3.63, 3.8) is 0 Å². The van der Waals surface area contributed by atoms with Gasteiger partial charge in [0.15, 0.2) is 5.78 Å². The maximum atomic E-state index is 13.3. The molecule has 1 unspecified atom stereocenters. The van der Waals surface area contributed by atoms with Crippen LogP contribution in [0.2, 0.25) is 0 Å². The van der Waals surface area contributed by atoms with Crippen LogP contribution in [0.1, 0.15) is 42.7 Å². The molecule has 3 nitrogen and oxygen atoms in total. The first kappa shape index (κ1) is 17.9. The Morgan fingerprint density at radius 1 is 0.862 bits per heavy atom. The summed E-state index contributed by atoms with van der Waals surface area (Å²) in [6, 6.07) is 22.5. The van der Waals surface area contributed by atoms with E-state index >= 15 is 0 Å². The van der Waals surface area contributed by atoms with Crippen molar-refractivity contribution in [2.24, 2.45) is 0 Å². The summed E-state index contributed by atoms with van der Waals surface area (Å²) in [5.41, 5.74) is 4.82. The number of hydrogen-bond donors (Lipinski definition) is 0. The number of fused-ring (bicyclic) bond motifs is 1. The Kier molecular flexibility index (Phi) is 4.31. The lowest BCUT2D eigenvalue weighted by Gasteiger charge is -2.38. The van der Waals surface area contributed by atoms with Gasteiger partial charge in [-0.1, -0.05) is 60.2 Å². The molecule has 0 spiro atoms. The second-order valence-electron chi connectivity index (χ2n) is 8.07. The number of nitrogens with zero attached hydrogens (tertiary/aromatic N) is 1. The number of ketones is 1. The fourth-order valence-electron chi connectivity index (χ4n) is 4.78. The smallest absolute Gasteiger partial charge is 0.232 e.